The van der Waals surface area contributed by atoms with E-state index in [2.05, 4.69) is 41.9 Å². The molecule has 1 N–H and O–H groups in total. The Bertz CT molecular complexity index is 1330. The quantitative estimate of drug-likeness (QED) is 0.0880. The lowest BCUT2D eigenvalue weighted by Gasteiger charge is -2.50. The number of unbranched alkanes of at least 4 members (excludes halogenated alkanes) is 1. The minimum atomic E-state index is -6.74. The fraction of sp³-hybridized carbons (Fsp3) is 0.800. The van der Waals surface area contributed by atoms with Crippen LogP contribution in [0.15, 0.2) is 18.2 Å². The first kappa shape index (κ1) is 41.9. The summed E-state index contributed by atoms with van der Waals surface area (Å²) in [7, 11) is 5.94. The van der Waals surface area contributed by atoms with Crippen LogP contribution in [0.5, 0.6) is 0 Å². The molecule has 0 spiro atoms. The fourth-order valence-corrected chi connectivity index (χ4v) is 11.7. The first-order valence-corrected chi connectivity index (χ1v) is 20.8. The molecule has 294 valence electrons. The summed E-state index contributed by atoms with van der Waals surface area (Å²) >= 11 is 0. The molecule has 0 aromatic heterocycles. The van der Waals surface area contributed by atoms with E-state index in [9.17, 15) is 44.3 Å². The van der Waals surface area contributed by atoms with Crippen LogP contribution in [0.25, 0.3) is 0 Å². The van der Waals surface area contributed by atoms with Gasteiger partial charge >= 0.3 is 24.1 Å². The normalized spacial score (nSPS) is 28.3. The molecule has 4 aliphatic rings. The number of halogens is 9. The van der Waals surface area contributed by atoms with Gasteiger partial charge in [0, 0.05) is 29.8 Å². The summed E-state index contributed by atoms with van der Waals surface area (Å²) in [4.78, 5) is 15.6. The Morgan fingerprint density at radius 3 is 2.33 bits per heavy atom. The molecular formula is C35H48BF9N2O3S2. The average molecular weight is 791 g/mol. The average Bonchev–Trinajstić information content (AvgIpc) is 3.40. The van der Waals surface area contributed by atoms with Crippen LogP contribution < -0.4 is 5.32 Å². The van der Waals surface area contributed by atoms with Gasteiger partial charge in [0.25, 0.3) is 0 Å². The standard InChI is InChI=1S/C35H48BF9N2O3S2/c1-31-13-11-26-25-8-6-23(46-30(48)20-47(15-3-2-14-36)24-12-18-51-52-21-24)19-22(25)5-7-27(26)28(31)9-10-29(31)49-16-4-17-50-32(33(37,38)39,34(40,41)42)35(43,44)45/h6,8,19,24,26-29H,2-5,7,9-18,20-21,36H2,1H3,(H,46,48). The van der Waals surface area contributed by atoms with Crippen molar-refractivity contribution >= 4 is 41.0 Å². The van der Waals surface area contributed by atoms with E-state index in [-0.39, 0.29) is 30.0 Å². The van der Waals surface area contributed by atoms with Crippen molar-refractivity contribution in [3.05, 3.63) is 29.3 Å². The van der Waals surface area contributed by atoms with Crippen LogP contribution >= 0.6 is 21.6 Å². The van der Waals surface area contributed by atoms with Crippen LogP contribution in [0, 0.1) is 17.3 Å². The Balaban J connectivity index is 1.15. The molecule has 5 rings (SSSR count). The molecule has 17 heteroatoms. The molecule has 1 aromatic rings. The minimum absolute atomic E-state index is 0.00858. The van der Waals surface area contributed by atoms with E-state index < -0.39 is 37.2 Å². The van der Waals surface area contributed by atoms with Gasteiger partial charge in [0.1, 0.15) is 7.85 Å². The number of ether oxygens (including phenoxy) is 2. The van der Waals surface area contributed by atoms with Gasteiger partial charge in [-0.25, -0.2) is 0 Å². The summed E-state index contributed by atoms with van der Waals surface area (Å²) in [6.07, 6.45) is -11.8. The van der Waals surface area contributed by atoms with E-state index in [1.54, 1.807) is 0 Å². The lowest BCUT2D eigenvalue weighted by Crippen LogP contribution is -2.67. The van der Waals surface area contributed by atoms with Crippen LogP contribution in [0.3, 0.4) is 0 Å². The van der Waals surface area contributed by atoms with Crippen LogP contribution in [0.4, 0.5) is 45.2 Å². The molecule has 2 saturated carbocycles. The number of benzene rings is 1. The minimum Gasteiger partial charge on any atom is -0.378 e. The molecule has 6 unspecified atom stereocenters. The van der Waals surface area contributed by atoms with Gasteiger partial charge in [-0.2, -0.15) is 39.5 Å². The van der Waals surface area contributed by atoms with Crippen molar-refractivity contribution in [2.24, 2.45) is 17.3 Å². The van der Waals surface area contributed by atoms with E-state index in [1.165, 1.54) is 11.1 Å². The number of aryl methyl sites for hydroxylation is 1. The second kappa shape index (κ2) is 16.8. The molecule has 1 heterocycles. The van der Waals surface area contributed by atoms with Crippen molar-refractivity contribution in [3.63, 3.8) is 0 Å². The van der Waals surface area contributed by atoms with Crippen LogP contribution in [-0.2, 0) is 20.7 Å². The van der Waals surface area contributed by atoms with E-state index in [1.807, 2.05) is 27.7 Å². The fourth-order valence-electron chi connectivity index (χ4n) is 9.20. The summed E-state index contributed by atoms with van der Waals surface area (Å²) in [5.74, 6) is 3.06. The molecule has 0 radical (unpaired) electrons. The van der Waals surface area contributed by atoms with E-state index in [0.29, 0.717) is 30.8 Å². The number of amides is 1. The molecule has 52 heavy (non-hydrogen) atoms. The number of nitrogens with zero attached hydrogens (tertiary/aromatic N) is 1. The predicted octanol–water partition coefficient (Wildman–Crippen LogP) is 8.99. The zero-order valence-electron chi connectivity index (χ0n) is 29.5. The van der Waals surface area contributed by atoms with Crippen LogP contribution in [-0.4, -0.2) is 92.7 Å². The van der Waals surface area contributed by atoms with E-state index in [4.69, 9.17) is 4.74 Å². The summed E-state index contributed by atoms with van der Waals surface area (Å²) in [6.45, 7) is 1.64. The van der Waals surface area contributed by atoms with Crippen molar-refractivity contribution < 1.29 is 53.8 Å². The molecule has 3 aliphatic carbocycles. The van der Waals surface area contributed by atoms with E-state index >= 15 is 0 Å². The van der Waals surface area contributed by atoms with Crippen LogP contribution in [0.1, 0.15) is 81.8 Å². The molecular weight excluding hydrogens is 742 g/mol. The molecule has 1 aromatic carbocycles. The van der Waals surface area contributed by atoms with Crippen LogP contribution in [0.2, 0.25) is 6.32 Å². The number of carbonyl (C=O) groups excluding carboxylic acids is 1. The topological polar surface area (TPSA) is 50.8 Å². The van der Waals surface area contributed by atoms with Crippen molar-refractivity contribution in [2.75, 3.05) is 43.1 Å². The van der Waals surface area contributed by atoms with Gasteiger partial charge in [0.2, 0.25) is 5.91 Å². The highest BCUT2D eigenvalue weighted by atomic mass is 33.1. The third-order valence-electron chi connectivity index (χ3n) is 11.8. The Morgan fingerprint density at radius 2 is 1.67 bits per heavy atom. The second-order valence-electron chi connectivity index (χ2n) is 15.0. The molecule has 1 saturated heterocycles. The first-order chi connectivity index (χ1) is 24.4. The molecule has 1 amide bonds. The maximum atomic E-state index is 13.2. The number of hydrogen-bond donors (Lipinski definition) is 1. The molecule has 5 nitrogen and oxygen atoms in total. The number of nitrogens with one attached hydrogen (secondary N) is 1. The Kier molecular flexibility index (Phi) is 13.5. The highest BCUT2D eigenvalue weighted by molar-refractivity contribution is 8.76. The lowest BCUT2D eigenvalue weighted by molar-refractivity contribution is -0.457. The zero-order valence-corrected chi connectivity index (χ0v) is 31.2. The molecule has 6 atom stereocenters. The van der Waals surface area contributed by atoms with Gasteiger partial charge in [-0.1, -0.05) is 47.3 Å². The summed E-state index contributed by atoms with van der Waals surface area (Å²) < 4.78 is 128. The van der Waals surface area contributed by atoms with Gasteiger partial charge in [-0.15, -0.1) is 0 Å². The Morgan fingerprint density at radius 1 is 0.942 bits per heavy atom. The highest BCUT2D eigenvalue weighted by Gasteiger charge is 2.85. The summed E-state index contributed by atoms with van der Waals surface area (Å²) in [5, 5.41) is 3.15. The van der Waals surface area contributed by atoms with Crippen molar-refractivity contribution in [2.45, 2.75) is 120 Å². The molecule has 0 bridgehead atoms. The zero-order chi connectivity index (χ0) is 38.0. The third-order valence-corrected chi connectivity index (χ3v) is 14.3. The van der Waals surface area contributed by atoms with Crippen molar-refractivity contribution in [3.8, 4) is 0 Å². The number of carbonyl (C=O) groups is 1. The van der Waals surface area contributed by atoms with Crippen molar-refractivity contribution in [1.29, 1.82) is 0 Å². The molecule has 3 fully saturated rings. The largest absolute Gasteiger partial charge is 0.435 e. The van der Waals surface area contributed by atoms with Gasteiger partial charge in [0.05, 0.1) is 19.3 Å². The second-order valence-corrected chi connectivity index (χ2v) is 17.6. The SMILES string of the molecule is BCCCCN(CC(=O)Nc1ccc2c(c1)CCC1C2CCC2(C)C(OCCCOC(C(F)(F)F)(C(F)(F)F)C(F)(F)F)CCC12)C1CCSSC1. The predicted molar refractivity (Wildman–Crippen MR) is 188 cm³/mol. The van der Waals surface area contributed by atoms with Gasteiger partial charge in [-0.3, -0.25) is 9.69 Å². The number of fused-ring (bicyclic) bond motifs is 5. The smallest absolute Gasteiger partial charge is 0.378 e. The maximum absolute atomic E-state index is 13.2. The van der Waals surface area contributed by atoms with Crippen molar-refractivity contribution in [1.82, 2.24) is 4.90 Å². The summed E-state index contributed by atoms with van der Waals surface area (Å²) in [6, 6.07) is 6.61. The number of hydrogen-bond acceptors (Lipinski definition) is 6. The van der Waals surface area contributed by atoms with Gasteiger partial charge < -0.3 is 14.8 Å². The number of anilines is 1. The highest BCUT2D eigenvalue weighted by Crippen LogP contribution is 2.62. The monoisotopic (exact) mass is 790 g/mol. The maximum Gasteiger partial charge on any atom is 0.435 e. The third kappa shape index (κ3) is 8.73. The number of alkyl halides is 9. The first-order valence-electron chi connectivity index (χ1n) is 18.3. The van der Waals surface area contributed by atoms with Gasteiger partial charge in [0.15, 0.2) is 0 Å². The van der Waals surface area contributed by atoms with E-state index in [0.717, 1.165) is 81.4 Å². The van der Waals surface area contributed by atoms with Gasteiger partial charge in [-0.05, 0) is 111 Å². The number of rotatable bonds is 14. The summed E-state index contributed by atoms with van der Waals surface area (Å²) in [5.41, 5.74) is -3.25. The Hall–Kier alpha value is -1.30. The Labute approximate surface area is 308 Å². The lowest BCUT2D eigenvalue weighted by atomic mass is 9.55. The molecule has 1 aliphatic heterocycles.